The first-order valence-corrected chi connectivity index (χ1v) is 4.60. The minimum Gasteiger partial charge on any atom is -0.389 e. The van der Waals surface area contributed by atoms with Gasteiger partial charge in [-0.2, -0.15) is 13.2 Å². The Bertz CT molecular complexity index is 211. The predicted octanol–water partition coefficient (Wildman–Crippen LogP) is 0.245. The van der Waals surface area contributed by atoms with Crippen LogP contribution in [0.4, 0.5) is 18.0 Å². The lowest BCUT2D eigenvalue weighted by atomic mass is 10.4. The van der Waals surface area contributed by atoms with E-state index in [2.05, 4.69) is 10.1 Å². The van der Waals surface area contributed by atoms with Gasteiger partial charge in [0.25, 0.3) is 0 Å². The zero-order chi connectivity index (χ0) is 12.6. The van der Waals surface area contributed by atoms with Crippen LogP contribution >= 0.6 is 0 Å². The topological polar surface area (TPSA) is 70.6 Å². The SMILES string of the molecule is COCC(O)CNC(=O)NCCC(F)(F)F. The molecule has 5 nitrogen and oxygen atoms in total. The highest BCUT2D eigenvalue weighted by Crippen LogP contribution is 2.17. The van der Waals surface area contributed by atoms with Crippen molar-refractivity contribution < 1.29 is 27.8 Å². The van der Waals surface area contributed by atoms with Gasteiger partial charge in [-0.25, -0.2) is 4.79 Å². The fourth-order valence-corrected chi connectivity index (χ4v) is 0.842. The molecule has 0 fully saturated rings. The molecule has 0 spiro atoms. The summed E-state index contributed by atoms with van der Waals surface area (Å²) in [5, 5.41) is 13.3. The molecule has 0 aliphatic carbocycles. The number of rotatable bonds is 6. The molecule has 0 saturated heterocycles. The molecule has 0 radical (unpaired) electrons. The summed E-state index contributed by atoms with van der Waals surface area (Å²) in [5.41, 5.74) is 0. The minimum atomic E-state index is -4.29. The van der Waals surface area contributed by atoms with Crippen molar-refractivity contribution in [2.75, 3.05) is 26.8 Å². The molecule has 0 bridgehead atoms. The molecular weight excluding hydrogens is 229 g/mol. The van der Waals surface area contributed by atoms with Crippen LogP contribution in [0.3, 0.4) is 0 Å². The Kier molecular flexibility index (Phi) is 6.82. The first-order valence-electron chi connectivity index (χ1n) is 4.60. The number of nitrogens with one attached hydrogen (secondary N) is 2. The number of alkyl halides is 3. The van der Waals surface area contributed by atoms with Crippen LogP contribution in [0.1, 0.15) is 6.42 Å². The molecule has 0 aromatic carbocycles. The summed E-state index contributed by atoms with van der Waals surface area (Å²) >= 11 is 0. The van der Waals surface area contributed by atoms with Gasteiger partial charge in [-0.3, -0.25) is 0 Å². The molecule has 3 N–H and O–H groups in total. The van der Waals surface area contributed by atoms with Crippen LogP contribution in [-0.2, 0) is 4.74 Å². The van der Waals surface area contributed by atoms with Crippen LogP contribution < -0.4 is 10.6 Å². The smallest absolute Gasteiger partial charge is 0.389 e. The molecule has 0 saturated carbocycles. The maximum absolute atomic E-state index is 11.7. The van der Waals surface area contributed by atoms with Crippen LogP contribution in [-0.4, -0.2) is 50.2 Å². The summed E-state index contributed by atoms with van der Waals surface area (Å²) < 4.78 is 39.7. The van der Waals surface area contributed by atoms with E-state index < -0.39 is 31.3 Å². The van der Waals surface area contributed by atoms with Gasteiger partial charge in [-0.1, -0.05) is 0 Å². The number of aliphatic hydroxyl groups is 1. The molecule has 0 heterocycles. The van der Waals surface area contributed by atoms with E-state index in [0.717, 1.165) is 0 Å². The van der Waals surface area contributed by atoms with Gasteiger partial charge in [0, 0.05) is 20.2 Å². The summed E-state index contributed by atoms with van der Waals surface area (Å²) in [5.74, 6) is 0. The summed E-state index contributed by atoms with van der Waals surface area (Å²) in [6, 6.07) is -0.751. The zero-order valence-corrected chi connectivity index (χ0v) is 8.80. The van der Waals surface area contributed by atoms with Crippen molar-refractivity contribution in [1.29, 1.82) is 0 Å². The highest BCUT2D eigenvalue weighted by atomic mass is 19.4. The maximum atomic E-state index is 11.7. The van der Waals surface area contributed by atoms with Crippen molar-refractivity contribution in [1.82, 2.24) is 10.6 Å². The average molecular weight is 244 g/mol. The Morgan fingerprint density at radius 2 is 2.06 bits per heavy atom. The number of halogens is 3. The number of ether oxygens (including phenoxy) is 1. The van der Waals surface area contributed by atoms with Gasteiger partial charge >= 0.3 is 12.2 Å². The van der Waals surface area contributed by atoms with Crippen molar-refractivity contribution in [2.45, 2.75) is 18.7 Å². The van der Waals surface area contributed by atoms with Crippen LogP contribution in [0.15, 0.2) is 0 Å². The number of aliphatic hydroxyl groups excluding tert-OH is 1. The quantitative estimate of drug-likeness (QED) is 0.627. The number of hydrogen-bond acceptors (Lipinski definition) is 3. The van der Waals surface area contributed by atoms with Gasteiger partial charge in [0.05, 0.1) is 19.1 Å². The molecule has 1 atom stereocenters. The normalized spacial score (nSPS) is 13.3. The van der Waals surface area contributed by atoms with E-state index in [1.807, 2.05) is 5.32 Å². The molecule has 8 heteroatoms. The Labute approximate surface area is 91.0 Å². The molecule has 16 heavy (non-hydrogen) atoms. The monoisotopic (exact) mass is 244 g/mol. The van der Waals surface area contributed by atoms with Gasteiger partial charge in [0.2, 0.25) is 0 Å². The third kappa shape index (κ3) is 9.53. The highest BCUT2D eigenvalue weighted by molar-refractivity contribution is 5.73. The minimum absolute atomic E-state index is 0.0445. The summed E-state index contributed by atoms with van der Waals surface area (Å²) in [6.07, 6.45) is -6.25. The van der Waals surface area contributed by atoms with Crippen molar-refractivity contribution in [3.63, 3.8) is 0 Å². The second-order valence-corrected chi connectivity index (χ2v) is 3.11. The lowest BCUT2D eigenvalue weighted by Crippen LogP contribution is -2.41. The third-order valence-electron chi connectivity index (χ3n) is 1.55. The largest absolute Gasteiger partial charge is 0.390 e. The number of urea groups is 1. The van der Waals surface area contributed by atoms with Crippen molar-refractivity contribution in [3.05, 3.63) is 0 Å². The Balaban J connectivity index is 3.52. The van der Waals surface area contributed by atoms with Crippen LogP contribution in [0.2, 0.25) is 0 Å². The Morgan fingerprint density at radius 3 is 2.56 bits per heavy atom. The fourth-order valence-electron chi connectivity index (χ4n) is 0.842. The van der Waals surface area contributed by atoms with Crippen molar-refractivity contribution in [2.24, 2.45) is 0 Å². The number of carbonyl (C=O) groups is 1. The third-order valence-corrected chi connectivity index (χ3v) is 1.55. The first kappa shape index (κ1) is 15.0. The number of carbonyl (C=O) groups excluding carboxylic acids is 1. The maximum Gasteiger partial charge on any atom is 0.390 e. The van der Waals surface area contributed by atoms with E-state index in [1.54, 1.807) is 0 Å². The molecular formula is C8H15F3N2O3. The van der Waals surface area contributed by atoms with Crippen molar-refractivity contribution >= 4 is 6.03 Å². The first-order chi connectivity index (χ1) is 7.35. The summed E-state index contributed by atoms with van der Waals surface area (Å²) in [4.78, 5) is 10.9. The van der Waals surface area contributed by atoms with Gasteiger partial charge in [-0.15, -0.1) is 0 Å². The zero-order valence-electron chi connectivity index (χ0n) is 8.80. The van der Waals surface area contributed by atoms with E-state index >= 15 is 0 Å². The number of methoxy groups -OCH3 is 1. The molecule has 0 aliphatic rings. The molecule has 2 amide bonds. The Hall–Kier alpha value is -1.02. The van der Waals surface area contributed by atoms with Gasteiger partial charge < -0.3 is 20.5 Å². The lowest BCUT2D eigenvalue weighted by Gasteiger charge is -2.12. The number of hydrogen-bond donors (Lipinski definition) is 3. The molecule has 1 unspecified atom stereocenters. The highest BCUT2D eigenvalue weighted by Gasteiger charge is 2.26. The average Bonchev–Trinajstić information content (AvgIpc) is 2.13. The predicted molar refractivity (Wildman–Crippen MR) is 50.0 cm³/mol. The summed E-state index contributed by atoms with van der Waals surface area (Å²) in [6.45, 7) is -0.524. The Morgan fingerprint density at radius 1 is 1.44 bits per heavy atom. The molecule has 0 aromatic rings. The number of amides is 2. The van der Waals surface area contributed by atoms with Crippen LogP contribution in [0, 0.1) is 0 Å². The van der Waals surface area contributed by atoms with Crippen LogP contribution in [0.5, 0.6) is 0 Å². The van der Waals surface area contributed by atoms with E-state index in [0.29, 0.717) is 0 Å². The molecule has 0 aromatic heterocycles. The molecule has 0 aliphatic heterocycles. The second-order valence-electron chi connectivity index (χ2n) is 3.11. The van der Waals surface area contributed by atoms with E-state index in [9.17, 15) is 18.0 Å². The molecule has 96 valence electrons. The standard InChI is InChI=1S/C8H15F3N2O3/c1-16-5-6(14)4-13-7(15)12-3-2-8(9,10)11/h6,14H,2-5H2,1H3,(H2,12,13,15). The van der Waals surface area contributed by atoms with E-state index in [4.69, 9.17) is 5.11 Å². The fraction of sp³-hybridized carbons (Fsp3) is 0.875. The second kappa shape index (κ2) is 7.29. The lowest BCUT2D eigenvalue weighted by molar-refractivity contribution is -0.132. The molecule has 0 rings (SSSR count). The van der Waals surface area contributed by atoms with Gasteiger partial charge in [-0.05, 0) is 0 Å². The summed E-state index contributed by atoms with van der Waals surface area (Å²) in [7, 11) is 1.38. The van der Waals surface area contributed by atoms with Crippen molar-refractivity contribution in [3.8, 4) is 0 Å². The van der Waals surface area contributed by atoms with Crippen LogP contribution in [0.25, 0.3) is 0 Å². The van der Waals surface area contributed by atoms with E-state index in [-0.39, 0.29) is 13.2 Å². The van der Waals surface area contributed by atoms with E-state index in [1.165, 1.54) is 7.11 Å². The van der Waals surface area contributed by atoms with Gasteiger partial charge in [0.15, 0.2) is 0 Å². The van der Waals surface area contributed by atoms with Gasteiger partial charge in [0.1, 0.15) is 0 Å².